The standard InChI is InChI=1S/C23H16ClFN2O2S/c24-20-4-2-1-3-16(20)14-29-19-11-5-15(6-12-19)13-21-22(28)27-23(30-21)26-18-9-7-17(25)8-10-18/h1-13H,14H2,(H,26,27,28)/b21-13+. The number of hydrogen-bond acceptors (Lipinski definition) is 4. The Hall–Kier alpha value is -3.09. The average molecular weight is 439 g/mol. The van der Waals surface area contributed by atoms with Crippen LogP contribution < -0.4 is 10.1 Å². The summed E-state index contributed by atoms with van der Waals surface area (Å²) in [6.07, 6.45) is 1.78. The fourth-order valence-electron chi connectivity index (χ4n) is 2.70. The molecule has 4 nitrogen and oxygen atoms in total. The number of carbonyl (C=O) groups is 1. The highest BCUT2D eigenvalue weighted by Gasteiger charge is 2.23. The van der Waals surface area contributed by atoms with Gasteiger partial charge >= 0.3 is 0 Å². The van der Waals surface area contributed by atoms with Gasteiger partial charge in [-0.25, -0.2) is 9.38 Å². The maximum Gasteiger partial charge on any atom is 0.264 e. The molecule has 1 fully saturated rings. The van der Waals surface area contributed by atoms with E-state index in [9.17, 15) is 9.18 Å². The molecule has 3 aromatic rings. The Morgan fingerprint density at radius 1 is 1.03 bits per heavy atom. The number of carbonyl (C=O) groups excluding carboxylic acids is 1. The highest BCUT2D eigenvalue weighted by molar-refractivity contribution is 8.18. The van der Waals surface area contributed by atoms with E-state index in [0.29, 0.717) is 33.1 Å². The van der Waals surface area contributed by atoms with Crippen molar-refractivity contribution in [3.05, 3.63) is 99.7 Å². The van der Waals surface area contributed by atoms with Gasteiger partial charge in [0, 0.05) is 10.6 Å². The molecule has 0 radical (unpaired) electrons. The summed E-state index contributed by atoms with van der Waals surface area (Å²) in [5.74, 6) is 0.154. The van der Waals surface area contributed by atoms with Crippen molar-refractivity contribution in [3.63, 3.8) is 0 Å². The van der Waals surface area contributed by atoms with E-state index in [-0.39, 0.29) is 11.7 Å². The number of aliphatic imine (C=N–C) groups is 1. The molecule has 1 heterocycles. The Bertz CT molecular complexity index is 1130. The summed E-state index contributed by atoms with van der Waals surface area (Å²) in [5, 5.41) is 3.84. The molecule has 0 unspecified atom stereocenters. The Morgan fingerprint density at radius 3 is 2.50 bits per heavy atom. The van der Waals surface area contributed by atoms with Crippen molar-refractivity contribution in [2.75, 3.05) is 0 Å². The molecule has 0 atom stereocenters. The molecule has 3 aromatic carbocycles. The zero-order valence-electron chi connectivity index (χ0n) is 15.6. The summed E-state index contributed by atoms with van der Waals surface area (Å²) in [7, 11) is 0. The SMILES string of the molecule is O=C1NC(=Nc2ccc(F)cc2)S/C1=C/c1ccc(OCc2ccccc2Cl)cc1. The second kappa shape index (κ2) is 9.15. The van der Waals surface area contributed by atoms with Gasteiger partial charge in [-0.2, -0.15) is 0 Å². The highest BCUT2D eigenvalue weighted by atomic mass is 35.5. The summed E-state index contributed by atoms with van der Waals surface area (Å²) >= 11 is 7.38. The average Bonchev–Trinajstić information content (AvgIpc) is 3.09. The van der Waals surface area contributed by atoms with Gasteiger partial charge in [0.05, 0.1) is 10.6 Å². The Kier molecular flexibility index (Phi) is 6.16. The van der Waals surface area contributed by atoms with Gasteiger partial charge in [0.2, 0.25) is 0 Å². The Balaban J connectivity index is 1.41. The van der Waals surface area contributed by atoms with Crippen LogP contribution in [0.3, 0.4) is 0 Å². The first-order chi connectivity index (χ1) is 14.6. The number of hydrogen-bond donors (Lipinski definition) is 1. The van der Waals surface area contributed by atoms with E-state index < -0.39 is 0 Å². The van der Waals surface area contributed by atoms with Gasteiger partial charge in [-0.1, -0.05) is 41.9 Å². The molecule has 150 valence electrons. The van der Waals surface area contributed by atoms with Crippen molar-refractivity contribution in [2.45, 2.75) is 6.61 Å². The number of halogens is 2. The lowest BCUT2D eigenvalue weighted by atomic mass is 10.2. The van der Waals surface area contributed by atoms with Crippen LogP contribution in [0.5, 0.6) is 5.75 Å². The minimum Gasteiger partial charge on any atom is -0.489 e. The van der Waals surface area contributed by atoms with E-state index in [1.807, 2.05) is 48.5 Å². The molecule has 30 heavy (non-hydrogen) atoms. The van der Waals surface area contributed by atoms with Crippen molar-refractivity contribution in [1.82, 2.24) is 5.32 Å². The maximum absolute atomic E-state index is 13.0. The smallest absolute Gasteiger partial charge is 0.264 e. The monoisotopic (exact) mass is 438 g/mol. The van der Waals surface area contributed by atoms with E-state index in [4.69, 9.17) is 16.3 Å². The number of nitrogens with zero attached hydrogens (tertiary/aromatic N) is 1. The van der Waals surface area contributed by atoms with Crippen LogP contribution in [-0.2, 0) is 11.4 Å². The third-order valence-electron chi connectivity index (χ3n) is 4.24. The van der Waals surface area contributed by atoms with E-state index in [2.05, 4.69) is 10.3 Å². The molecule has 1 aliphatic rings. The predicted molar refractivity (Wildman–Crippen MR) is 119 cm³/mol. The predicted octanol–water partition coefficient (Wildman–Crippen LogP) is 5.95. The quantitative estimate of drug-likeness (QED) is 0.501. The lowest BCUT2D eigenvalue weighted by Gasteiger charge is -2.08. The molecule has 0 aromatic heterocycles. The molecule has 0 spiro atoms. The summed E-state index contributed by atoms with van der Waals surface area (Å²) in [6, 6.07) is 20.7. The van der Waals surface area contributed by atoms with Crippen LogP contribution in [0.1, 0.15) is 11.1 Å². The molecule has 7 heteroatoms. The van der Waals surface area contributed by atoms with Crippen LogP contribution in [0.15, 0.2) is 82.7 Å². The van der Waals surface area contributed by atoms with Crippen molar-refractivity contribution >= 4 is 46.2 Å². The van der Waals surface area contributed by atoms with Gasteiger partial charge in [-0.05, 0) is 65.9 Å². The lowest BCUT2D eigenvalue weighted by molar-refractivity contribution is -0.115. The maximum atomic E-state index is 13.0. The van der Waals surface area contributed by atoms with Crippen LogP contribution in [0.4, 0.5) is 10.1 Å². The second-order valence-electron chi connectivity index (χ2n) is 6.41. The van der Waals surface area contributed by atoms with Crippen molar-refractivity contribution < 1.29 is 13.9 Å². The number of rotatable bonds is 5. The number of ether oxygens (including phenoxy) is 1. The van der Waals surface area contributed by atoms with E-state index in [1.165, 1.54) is 23.9 Å². The third kappa shape index (κ3) is 5.09. The Morgan fingerprint density at radius 2 is 1.77 bits per heavy atom. The van der Waals surface area contributed by atoms with Crippen molar-refractivity contribution in [2.24, 2.45) is 4.99 Å². The largest absolute Gasteiger partial charge is 0.489 e. The highest BCUT2D eigenvalue weighted by Crippen LogP contribution is 2.28. The number of benzene rings is 3. The summed E-state index contributed by atoms with van der Waals surface area (Å²) < 4.78 is 18.8. The first-order valence-corrected chi connectivity index (χ1v) is 10.3. The van der Waals surface area contributed by atoms with Gasteiger partial charge < -0.3 is 10.1 Å². The fraction of sp³-hybridized carbons (Fsp3) is 0.0435. The summed E-state index contributed by atoms with van der Waals surface area (Å²) in [6.45, 7) is 0.377. The molecular weight excluding hydrogens is 423 g/mol. The molecule has 4 rings (SSSR count). The Labute approximate surface area is 182 Å². The number of amidine groups is 1. The zero-order valence-corrected chi connectivity index (χ0v) is 17.2. The number of nitrogens with one attached hydrogen (secondary N) is 1. The fourth-order valence-corrected chi connectivity index (χ4v) is 3.73. The van der Waals surface area contributed by atoms with Gasteiger partial charge in [0.1, 0.15) is 18.2 Å². The molecule has 1 saturated heterocycles. The molecular formula is C23H16ClFN2O2S. The van der Waals surface area contributed by atoms with Gasteiger partial charge in [0.25, 0.3) is 5.91 Å². The van der Waals surface area contributed by atoms with Crippen LogP contribution >= 0.6 is 23.4 Å². The minimum atomic E-state index is -0.332. The van der Waals surface area contributed by atoms with Crippen LogP contribution in [0, 0.1) is 5.82 Å². The van der Waals surface area contributed by atoms with Gasteiger partial charge in [-0.15, -0.1) is 0 Å². The number of thioether (sulfide) groups is 1. The first-order valence-electron chi connectivity index (χ1n) is 9.08. The van der Waals surface area contributed by atoms with Crippen molar-refractivity contribution in [1.29, 1.82) is 0 Å². The zero-order chi connectivity index (χ0) is 20.9. The lowest BCUT2D eigenvalue weighted by Crippen LogP contribution is -2.19. The minimum absolute atomic E-state index is 0.222. The topological polar surface area (TPSA) is 50.7 Å². The molecule has 0 aliphatic carbocycles. The molecule has 1 N–H and O–H groups in total. The second-order valence-corrected chi connectivity index (χ2v) is 7.85. The van der Waals surface area contributed by atoms with Gasteiger partial charge in [-0.3, -0.25) is 4.79 Å². The van der Waals surface area contributed by atoms with Gasteiger partial charge in [0.15, 0.2) is 5.17 Å². The molecule has 1 aliphatic heterocycles. The van der Waals surface area contributed by atoms with Crippen LogP contribution in [0.2, 0.25) is 5.02 Å². The number of amides is 1. The van der Waals surface area contributed by atoms with E-state index >= 15 is 0 Å². The molecule has 0 bridgehead atoms. The van der Waals surface area contributed by atoms with Crippen molar-refractivity contribution in [3.8, 4) is 5.75 Å². The van der Waals surface area contributed by atoms with Crippen LogP contribution in [0.25, 0.3) is 6.08 Å². The van der Waals surface area contributed by atoms with E-state index in [0.717, 1.165) is 11.1 Å². The third-order valence-corrected chi connectivity index (χ3v) is 5.52. The van der Waals surface area contributed by atoms with Crippen LogP contribution in [-0.4, -0.2) is 11.1 Å². The molecule has 1 amide bonds. The summed E-state index contributed by atoms with van der Waals surface area (Å²) in [4.78, 5) is 17.1. The summed E-state index contributed by atoms with van der Waals surface area (Å²) in [5.41, 5.74) is 2.35. The van der Waals surface area contributed by atoms with E-state index in [1.54, 1.807) is 18.2 Å². The molecule has 0 saturated carbocycles. The first kappa shape index (κ1) is 20.2. The normalized spacial score (nSPS) is 16.1.